The van der Waals surface area contributed by atoms with E-state index in [4.69, 9.17) is 4.42 Å². The zero-order chi connectivity index (χ0) is 20.5. The highest BCUT2D eigenvalue weighted by Gasteiger charge is 2.25. The van der Waals surface area contributed by atoms with Crippen LogP contribution in [0.4, 0.5) is 5.69 Å². The summed E-state index contributed by atoms with van der Waals surface area (Å²) in [6.45, 7) is 0. The Morgan fingerprint density at radius 1 is 0.900 bits per heavy atom. The van der Waals surface area contributed by atoms with E-state index >= 15 is 0 Å². The van der Waals surface area contributed by atoms with Crippen LogP contribution in [0.1, 0.15) is 33.6 Å². The first kappa shape index (κ1) is 18.1. The minimum atomic E-state index is -0.312. The minimum Gasteiger partial charge on any atom is -0.463 e. The topological polar surface area (TPSA) is 84.2 Å². The molecular weight excluding hydrogens is 378 g/mol. The van der Waals surface area contributed by atoms with Gasteiger partial charge in [0.2, 0.25) is 0 Å². The Labute approximate surface area is 172 Å². The first-order valence-corrected chi connectivity index (χ1v) is 9.84. The van der Waals surface area contributed by atoms with Gasteiger partial charge in [-0.1, -0.05) is 30.3 Å². The van der Waals surface area contributed by atoms with Gasteiger partial charge in [-0.2, -0.15) is 0 Å². The first-order valence-electron chi connectivity index (χ1n) is 9.84. The largest absolute Gasteiger partial charge is 0.463 e. The van der Waals surface area contributed by atoms with Crippen LogP contribution in [-0.4, -0.2) is 22.8 Å². The predicted octanol–water partition coefficient (Wildman–Crippen LogP) is 4.64. The van der Waals surface area contributed by atoms with Crippen molar-refractivity contribution < 1.29 is 14.0 Å². The molecule has 2 aromatic heterocycles. The normalized spacial score (nSPS) is 13.2. The second-order valence-electron chi connectivity index (χ2n) is 7.30. The van der Waals surface area contributed by atoms with E-state index in [1.54, 1.807) is 48.7 Å². The lowest BCUT2D eigenvalue weighted by Crippen LogP contribution is -2.27. The summed E-state index contributed by atoms with van der Waals surface area (Å²) in [7, 11) is 0. The molecule has 148 valence electrons. The van der Waals surface area contributed by atoms with Crippen molar-refractivity contribution in [2.24, 2.45) is 0 Å². The van der Waals surface area contributed by atoms with Crippen LogP contribution < -0.4 is 10.6 Å². The Balaban J connectivity index is 1.52. The summed E-state index contributed by atoms with van der Waals surface area (Å²) in [4.78, 5) is 30.4. The molecule has 1 aliphatic rings. The molecule has 1 saturated carbocycles. The molecule has 0 radical (unpaired) electrons. The summed E-state index contributed by atoms with van der Waals surface area (Å²) in [5.41, 5.74) is 2.65. The fourth-order valence-corrected chi connectivity index (χ4v) is 3.38. The highest BCUT2D eigenvalue weighted by molar-refractivity contribution is 6.15. The Hall–Kier alpha value is -3.93. The quantitative estimate of drug-likeness (QED) is 0.514. The smallest absolute Gasteiger partial charge is 0.256 e. The number of hydrogen-bond acceptors (Lipinski definition) is 4. The summed E-state index contributed by atoms with van der Waals surface area (Å²) < 4.78 is 5.47. The molecule has 0 unspecified atom stereocenters. The number of para-hydroxylation sites is 2. The van der Waals surface area contributed by atoms with E-state index < -0.39 is 0 Å². The summed E-state index contributed by atoms with van der Waals surface area (Å²) in [5.74, 6) is 0.0938. The lowest BCUT2D eigenvalue weighted by atomic mass is 10.1. The molecule has 2 amide bonds. The molecular formula is C24H19N3O3. The predicted molar refractivity (Wildman–Crippen MR) is 114 cm³/mol. The van der Waals surface area contributed by atoms with Gasteiger partial charge < -0.3 is 15.1 Å². The molecule has 1 fully saturated rings. The number of pyridine rings is 1. The average Bonchev–Trinajstić information content (AvgIpc) is 3.41. The van der Waals surface area contributed by atoms with Crippen molar-refractivity contribution in [1.82, 2.24) is 10.3 Å². The van der Waals surface area contributed by atoms with Crippen LogP contribution in [-0.2, 0) is 0 Å². The third-order valence-corrected chi connectivity index (χ3v) is 5.07. The molecule has 6 heteroatoms. The highest BCUT2D eigenvalue weighted by Crippen LogP contribution is 2.27. The lowest BCUT2D eigenvalue weighted by molar-refractivity contribution is 0.0952. The Bertz CT molecular complexity index is 1240. The molecule has 0 bridgehead atoms. The van der Waals surface area contributed by atoms with E-state index in [9.17, 15) is 9.59 Å². The molecule has 30 heavy (non-hydrogen) atoms. The number of fused-ring (bicyclic) bond motifs is 1. The fourth-order valence-electron chi connectivity index (χ4n) is 3.38. The molecule has 0 saturated heterocycles. The van der Waals surface area contributed by atoms with Gasteiger partial charge >= 0.3 is 0 Å². The van der Waals surface area contributed by atoms with Crippen LogP contribution in [0.2, 0.25) is 0 Å². The second-order valence-corrected chi connectivity index (χ2v) is 7.30. The molecule has 0 atom stereocenters. The molecule has 6 nitrogen and oxygen atoms in total. The monoisotopic (exact) mass is 397 g/mol. The maximum Gasteiger partial charge on any atom is 0.256 e. The lowest BCUT2D eigenvalue weighted by Gasteiger charge is -2.13. The van der Waals surface area contributed by atoms with Crippen molar-refractivity contribution in [3.8, 4) is 11.5 Å². The van der Waals surface area contributed by atoms with Crippen molar-refractivity contribution in [3.05, 3.63) is 84.1 Å². The molecule has 1 aliphatic carbocycles. The van der Waals surface area contributed by atoms with Crippen LogP contribution >= 0.6 is 0 Å². The molecule has 2 heterocycles. The van der Waals surface area contributed by atoms with Crippen molar-refractivity contribution in [1.29, 1.82) is 0 Å². The molecule has 5 rings (SSSR count). The van der Waals surface area contributed by atoms with Crippen LogP contribution in [0, 0.1) is 0 Å². The number of carbonyl (C=O) groups excluding carboxylic acids is 2. The summed E-state index contributed by atoms with van der Waals surface area (Å²) in [5, 5.41) is 6.60. The summed E-state index contributed by atoms with van der Waals surface area (Å²) in [6.07, 6.45) is 3.57. The number of nitrogens with zero attached hydrogens (tertiary/aromatic N) is 1. The van der Waals surface area contributed by atoms with Crippen LogP contribution in [0.15, 0.2) is 77.4 Å². The van der Waals surface area contributed by atoms with Gasteiger partial charge in [0.1, 0.15) is 5.69 Å². The van der Waals surface area contributed by atoms with E-state index in [1.165, 1.54) is 0 Å². The molecule has 2 N–H and O–H groups in total. The van der Waals surface area contributed by atoms with Crippen molar-refractivity contribution in [2.45, 2.75) is 18.9 Å². The molecule has 2 aromatic carbocycles. The van der Waals surface area contributed by atoms with E-state index in [2.05, 4.69) is 15.6 Å². The zero-order valence-electron chi connectivity index (χ0n) is 16.1. The number of rotatable bonds is 5. The second kappa shape index (κ2) is 7.48. The van der Waals surface area contributed by atoms with Gasteiger partial charge in [0.25, 0.3) is 11.8 Å². The maximum absolute atomic E-state index is 13.3. The average molecular weight is 397 g/mol. The van der Waals surface area contributed by atoms with Crippen LogP contribution in [0.3, 0.4) is 0 Å². The maximum atomic E-state index is 13.3. The number of furan rings is 1. The number of hydrogen-bond donors (Lipinski definition) is 2. The summed E-state index contributed by atoms with van der Waals surface area (Å²) in [6, 6.07) is 20.0. The number of amides is 2. The van der Waals surface area contributed by atoms with Crippen molar-refractivity contribution in [2.75, 3.05) is 5.32 Å². The van der Waals surface area contributed by atoms with E-state index in [-0.39, 0.29) is 17.9 Å². The Kier molecular flexibility index (Phi) is 4.52. The number of anilines is 1. The minimum absolute atomic E-state index is 0.177. The van der Waals surface area contributed by atoms with Crippen LogP contribution in [0.5, 0.6) is 0 Å². The third kappa shape index (κ3) is 3.55. The number of carbonyl (C=O) groups is 2. The first-order chi connectivity index (χ1) is 14.7. The van der Waals surface area contributed by atoms with Gasteiger partial charge in [-0.3, -0.25) is 9.59 Å². The number of benzene rings is 2. The number of aromatic nitrogens is 1. The van der Waals surface area contributed by atoms with Crippen molar-refractivity contribution >= 4 is 28.4 Å². The van der Waals surface area contributed by atoms with Crippen molar-refractivity contribution in [3.63, 3.8) is 0 Å². The Morgan fingerprint density at radius 2 is 1.70 bits per heavy atom. The summed E-state index contributed by atoms with van der Waals surface area (Å²) >= 11 is 0. The Morgan fingerprint density at radius 3 is 2.50 bits per heavy atom. The fraction of sp³-hybridized carbons (Fsp3) is 0.125. The SMILES string of the molecule is O=C(NC1CC1)c1ccccc1NC(=O)c1cc(-c2ccco2)nc2ccccc12. The zero-order valence-corrected chi connectivity index (χ0v) is 16.1. The molecule has 0 aliphatic heterocycles. The third-order valence-electron chi connectivity index (χ3n) is 5.07. The van der Waals surface area contributed by atoms with Crippen LogP contribution in [0.25, 0.3) is 22.4 Å². The van der Waals surface area contributed by atoms with Gasteiger partial charge in [-0.05, 0) is 49.2 Å². The molecule has 0 spiro atoms. The van der Waals surface area contributed by atoms with Gasteiger partial charge in [-0.15, -0.1) is 0 Å². The van der Waals surface area contributed by atoms with Gasteiger partial charge in [0.05, 0.1) is 28.6 Å². The van der Waals surface area contributed by atoms with Gasteiger partial charge in [0, 0.05) is 11.4 Å². The number of nitrogens with one attached hydrogen (secondary N) is 2. The van der Waals surface area contributed by atoms with E-state index in [0.29, 0.717) is 33.8 Å². The molecule has 4 aromatic rings. The highest BCUT2D eigenvalue weighted by atomic mass is 16.3. The van der Waals surface area contributed by atoms with E-state index in [0.717, 1.165) is 18.2 Å². The van der Waals surface area contributed by atoms with E-state index in [1.807, 2.05) is 24.3 Å². The standard InChI is InChI=1S/C24H19N3O3/c28-23(25-15-11-12-15)17-7-2-4-9-20(17)27-24(29)18-14-21(22-10-5-13-30-22)26-19-8-3-1-6-16(18)19/h1-10,13-15H,11-12H2,(H,25,28)(H,27,29). The van der Waals surface area contributed by atoms with Gasteiger partial charge in [0.15, 0.2) is 5.76 Å². The van der Waals surface area contributed by atoms with Gasteiger partial charge in [-0.25, -0.2) is 4.98 Å².